The van der Waals surface area contributed by atoms with Gasteiger partial charge in [0.25, 0.3) is 0 Å². The molecule has 3 aromatic carbocycles. The SMILES string of the molecule is CC(=O)CC1CCCN1c1ccc(OCc2cccc(Oc3ccccc3F)c2)cc1. The van der Waals surface area contributed by atoms with Crippen LogP contribution in [0.2, 0.25) is 0 Å². The molecule has 1 saturated heterocycles. The second kappa shape index (κ2) is 9.65. The van der Waals surface area contributed by atoms with Gasteiger partial charge in [-0.3, -0.25) is 4.79 Å². The van der Waals surface area contributed by atoms with Crippen LogP contribution in [0, 0.1) is 5.82 Å². The van der Waals surface area contributed by atoms with Crippen LogP contribution in [-0.4, -0.2) is 18.4 Å². The number of benzene rings is 3. The van der Waals surface area contributed by atoms with Crippen molar-refractivity contribution in [2.24, 2.45) is 0 Å². The smallest absolute Gasteiger partial charge is 0.165 e. The lowest BCUT2D eigenvalue weighted by Gasteiger charge is -2.26. The minimum atomic E-state index is -0.396. The summed E-state index contributed by atoms with van der Waals surface area (Å²) in [6.45, 7) is 3.02. The monoisotopic (exact) mass is 419 g/mol. The average Bonchev–Trinajstić information content (AvgIpc) is 3.22. The summed E-state index contributed by atoms with van der Waals surface area (Å²) in [5, 5.41) is 0. The summed E-state index contributed by atoms with van der Waals surface area (Å²) in [6.07, 6.45) is 2.77. The lowest BCUT2D eigenvalue weighted by atomic mass is 10.1. The average molecular weight is 419 g/mol. The van der Waals surface area contributed by atoms with Gasteiger partial charge >= 0.3 is 0 Å². The highest BCUT2D eigenvalue weighted by Gasteiger charge is 2.25. The van der Waals surface area contributed by atoms with E-state index in [4.69, 9.17) is 9.47 Å². The van der Waals surface area contributed by atoms with Gasteiger partial charge in [-0.1, -0.05) is 24.3 Å². The zero-order chi connectivity index (χ0) is 21.6. The van der Waals surface area contributed by atoms with E-state index in [9.17, 15) is 9.18 Å². The predicted molar refractivity (Wildman–Crippen MR) is 119 cm³/mol. The number of carbonyl (C=O) groups excluding carboxylic acids is 1. The maximum atomic E-state index is 13.8. The summed E-state index contributed by atoms with van der Waals surface area (Å²) in [5.41, 5.74) is 2.05. The van der Waals surface area contributed by atoms with Gasteiger partial charge in [0.2, 0.25) is 0 Å². The number of halogens is 1. The summed E-state index contributed by atoms with van der Waals surface area (Å²) >= 11 is 0. The molecule has 0 aromatic heterocycles. The molecule has 1 fully saturated rings. The van der Waals surface area contributed by atoms with Crippen molar-refractivity contribution in [1.82, 2.24) is 0 Å². The summed E-state index contributed by atoms with van der Waals surface area (Å²) in [6, 6.07) is 22.1. The van der Waals surface area contributed by atoms with Gasteiger partial charge in [0, 0.05) is 24.7 Å². The van der Waals surface area contributed by atoms with Crippen LogP contribution in [0.25, 0.3) is 0 Å². The molecule has 3 aromatic rings. The maximum Gasteiger partial charge on any atom is 0.165 e. The third kappa shape index (κ3) is 5.43. The first-order valence-electron chi connectivity index (χ1n) is 10.6. The van der Waals surface area contributed by atoms with E-state index in [1.54, 1.807) is 31.2 Å². The molecule has 31 heavy (non-hydrogen) atoms. The van der Waals surface area contributed by atoms with Gasteiger partial charge < -0.3 is 14.4 Å². The molecule has 1 heterocycles. The van der Waals surface area contributed by atoms with Crippen molar-refractivity contribution in [2.75, 3.05) is 11.4 Å². The fraction of sp³-hybridized carbons (Fsp3) is 0.269. The Morgan fingerprint density at radius 2 is 1.84 bits per heavy atom. The van der Waals surface area contributed by atoms with Crippen LogP contribution in [0.1, 0.15) is 31.7 Å². The minimum absolute atomic E-state index is 0.196. The Labute approximate surface area is 182 Å². The van der Waals surface area contributed by atoms with Crippen LogP contribution >= 0.6 is 0 Å². The number of ether oxygens (including phenoxy) is 2. The molecular weight excluding hydrogens is 393 g/mol. The molecule has 160 valence electrons. The Morgan fingerprint density at radius 1 is 1.03 bits per heavy atom. The Balaban J connectivity index is 1.36. The third-order valence-corrected chi connectivity index (χ3v) is 5.44. The van der Waals surface area contributed by atoms with E-state index in [1.165, 1.54) is 6.07 Å². The standard InChI is InChI=1S/C26H26FNO3/c1-19(29)16-22-7-5-15-28(22)21-11-13-23(14-12-21)30-18-20-6-4-8-24(17-20)31-26-10-3-2-9-25(26)27/h2-4,6,8-14,17,22H,5,7,15-16,18H2,1H3. The predicted octanol–water partition coefficient (Wildman–Crippen LogP) is 6.14. The first-order valence-corrected chi connectivity index (χ1v) is 10.6. The van der Waals surface area contributed by atoms with Crippen molar-refractivity contribution in [3.8, 4) is 17.2 Å². The number of anilines is 1. The van der Waals surface area contributed by atoms with E-state index in [0.29, 0.717) is 24.8 Å². The lowest BCUT2D eigenvalue weighted by Crippen LogP contribution is -2.30. The lowest BCUT2D eigenvalue weighted by molar-refractivity contribution is -0.117. The molecule has 0 bridgehead atoms. The van der Waals surface area contributed by atoms with Gasteiger partial charge in [-0.25, -0.2) is 4.39 Å². The molecule has 1 atom stereocenters. The molecule has 0 aliphatic carbocycles. The van der Waals surface area contributed by atoms with Crippen molar-refractivity contribution in [1.29, 1.82) is 0 Å². The fourth-order valence-corrected chi connectivity index (χ4v) is 3.97. The summed E-state index contributed by atoms with van der Waals surface area (Å²) in [7, 11) is 0. The van der Waals surface area contributed by atoms with Gasteiger partial charge in [-0.15, -0.1) is 0 Å². The van der Waals surface area contributed by atoms with Crippen LogP contribution in [0.15, 0.2) is 72.8 Å². The van der Waals surface area contributed by atoms with Crippen molar-refractivity contribution in [3.63, 3.8) is 0 Å². The molecule has 1 aliphatic heterocycles. The maximum absolute atomic E-state index is 13.8. The van der Waals surface area contributed by atoms with Gasteiger partial charge in [0.15, 0.2) is 11.6 Å². The van der Waals surface area contributed by atoms with Crippen molar-refractivity contribution >= 4 is 11.5 Å². The Kier molecular flexibility index (Phi) is 6.51. The first-order chi connectivity index (χ1) is 15.1. The zero-order valence-corrected chi connectivity index (χ0v) is 17.6. The number of Topliss-reactive ketones (excluding diaryl/α,β-unsaturated/α-hetero) is 1. The molecule has 0 radical (unpaired) electrons. The summed E-state index contributed by atoms with van der Waals surface area (Å²) in [4.78, 5) is 13.8. The normalized spacial score (nSPS) is 15.7. The number of carbonyl (C=O) groups is 1. The van der Waals surface area contributed by atoms with Gasteiger partial charge in [0.05, 0.1) is 0 Å². The Morgan fingerprint density at radius 3 is 2.61 bits per heavy atom. The van der Waals surface area contributed by atoms with Crippen molar-refractivity contribution in [3.05, 3.63) is 84.2 Å². The van der Waals surface area contributed by atoms with E-state index in [2.05, 4.69) is 4.90 Å². The molecule has 4 nitrogen and oxygen atoms in total. The molecule has 0 saturated carbocycles. The van der Waals surface area contributed by atoms with Crippen LogP contribution in [0.4, 0.5) is 10.1 Å². The number of rotatable bonds is 8. The van der Waals surface area contributed by atoms with Crippen LogP contribution in [-0.2, 0) is 11.4 Å². The van der Waals surface area contributed by atoms with Crippen molar-refractivity contribution in [2.45, 2.75) is 38.8 Å². The highest BCUT2D eigenvalue weighted by atomic mass is 19.1. The Hall–Kier alpha value is -3.34. The highest BCUT2D eigenvalue weighted by molar-refractivity contribution is 5.77. The van der Waals surface area contributed by atoms with Gasteiger partial charge in [-0.05, 0) is 73.9 Å². The number of nitrogens with zero attached hydrogens (tertiary/aromatic N) is 1. The Bertz CT molecular complexity index is 1030. The molecule has 1 aliphatic rings. The molecular formula is C26H26FNO3. The molecule has 5 heteroatoms. The van der Waals surface area contributed by atoms with Crippen molar-refractivity contribution < 1.29 is 18.7 Å². The van der Waals surface area contributed by atoms with Crippen LogP contribution < -0.4 is 14.4 Å². The number of ketones is 1. The van der Waals surface area contributed by atoms with E-state index in [1.807, 2.05) is 42.5 Å². The molecule has 4 rings (SSSR count). The third-order valence-electron chi connectivity index (χ3n) is 5.44. The van der Waals surface area contributed by atoms with Crippen LogP contribution in [0.5, 0.6) is 17.2 Å². The van der Waals surface area contributed by atoms with E-state index in [0.717, 1.165) is 36.4 Å². The second-order valence-electron chi connectivity index (χ2n) is 7.86. The van der Waals surface area contributed by atoms with E-state index >= 15 is 0 Å². The fourth-order valence-electron chi connectivity index (χ4n) is 3.97. The minimum Gasteiger partial charge on any atom is -0.489 e. The van der Waals surface area contributed by atoms with Gasteiger partial charge in [0.1, 0.15) is 23.9 Å². The molecule has 1 unspecified atom stereocenters. The second-order valence-corrected chi connectivity index (χ2v) is 7.86. The largest absolute Gasteiger partial charge is 0.489 e. The number of hydrogen-bond donors (Lipinski definition) is 0. The first kappa shape index (κ1) is 20.9. The quantitative estimate of drug-likeness (QED) is 0.439. The molecule has 0 amide bonds. The number of hydrogen-bond acceptors (Lipinski definition) is 4. The summed E-state index contributed by atoms with van der Waals surface area (Å²) in [5.74, 6) is 1.37. The summed E-state index contributed by atoms with van der Waals surface area (Å²) < 4.78 is 25.4. The highest BCUT2D eigenvalue weighted by Crippen LogP contribution is 2.29. The van der Waals surface area contributed by atoms with E-state index < -0.39 is 5.82 Å². The molecule has 0 N–H and O–H groups in total. The molecule has 0 spiro atoms. The van der Waals surface area contributed by atoms with Gasteiger partial charge in [-0.2, -0.15) is 0 Å². The van der Waals surface area contributed by atoms with E-state index in [-0.39, 0.29) is 11.5 Å². The number of para-hydroxylation sites is 1. The zero-order valence-electron chi connectivity index (χ0n) is 17.6. The van der Waals surface area contributed by atoms with Crippen LogP contribution in [0.3, 0.4) is 0 Å². The topological polar surface area (TPSA) is 38.8 Å².